The van der Waals surface area contributed by atoms with Gasteiger partial charge in [-0.15, -0.1) is 0 Å². The molecule has 34 heavy (non-hydrogen) atoms. The predicted molar refractivity (Wildman–Crippen MR) is 127 cm³/mol. The van der Waals surface area contributed by atoms with Crippen LogP contribution in [0.3, 0.4) is 0 Å². The van der Waals surface area contributed by atoms with Gasteiger partial charge in [0.15, 0.2) is 5.75 Å². The number of ether oxygens (including phenoxy) is 4. The molecule has 4 aromatic heterocycles. The molecule has 180 valence electrons. The molecule has 0 saturated heterocycles. The van der Waals surface area contributed by atoms with E-state index in [4.69, 9.17) is 23.9 Å². The van der Waals surface area contributed by atoms with Gasteiger partial charge in [-0.1, -0.05) is 0 Å². The van der Waals surface area contributed by atoms with E-state index in [1.807, 2.05) is 38.4 Å². The van der Waals surface area contributed by atoms with Crippen LogP contribution in [0.5, 0.6) is 17.5 Å². The zero-order valence-electron chi connectivity index (χ0n) is 19.8. The number of hydrogen-bond acceptors (Lipinski definition) is 8. The van der Waals surface area contributed by atoms with E-state index in [9.17, 15) is 5.11 Å². The Labute approximate surface area is 197 Å². The number of hydrogen-bond donors (Lipinski definition) is 1. The van der Waals surface area contributed by atoms with Crippen LogP contribution in [0.2, 0.25) is 0 Å². The summed E-state index contributed by atoms with van der Waals surface area (Å²) in [6, 6.07) is 3.76. The number of aromatic nitrogens is 5. The second-order valence-corrected chi connectivity index (χ2v) is 7.65. The quantitative estimate of drug-likeness (QED) is 0.335. The van der Waals surface area contributed by atoms with E-state index >= 15 is 0 Å². The Kier molecular flexibility index (Phi) is 7.29. The molecule has 1 N–H and O–H groups in total. The molecule has 0 bridgehead atoms. The zero-order valence-corrected chi connectivity index (χ0v) is 19.8. The highest BCUT2D eigenvalue weighted by Gasteiger charge is 2.17. The van der Waals surface area contributed by atoms with Crippen LogP contribution in [0.25, 0.3) is 27.8 Å². The number of fused-ring (bicyclic) bond motifs is 1. The van der Waals surface area contributed by atoms with Gasteiger partial charge in [-0.05, 0) is 31.5 Å². The fourth-order valence-corrected chi connectivity index (χ4v) is 3.65. The molecule has 10 nitrogen and oxygen atoms in total. The molecule has 0 atom stereocenters. The lowest BCUT2D eigenvalue weighted by Gasteiger charge is -2.11. The van der Waals surface area contributed by atoms with Gasteiger partial charge in [0.2, 0.25) is 5.88 Å². The topological polar surface area (TPSA) is 106 Å². The first-order chi connectivity index (χ1) is 16.5. The van der Waals surface area contributed by atoms with Crippen LogP contribution >= 0.6 is 0 Å². The highest BCUT2D eigenvalue weighted by atomic mass is 16.6. The zero-order chi connectivity index (χ0) is 24.1. The average molecular weight is 468 g/mol. The lowest BCUT2D eigenvalue weighted by atomic mass is 10.1. The van der Waals surface area contributed by atoms with Crippen molar-refractivity contribution in [3.8, 4) is 34.5 Å². The Morgan fingerprint density at radius 2 is 1.85 bits per heavy atom. The van der Waals surface area contributed by atoms with Crippen LogP contribution < -0.4 is 9.47 Å². The molecule has 0 radical (unpaired) electrons. The molecule has 10 heteroatoms. The Hall–Kier alpha value is -3.63. The third-order valence-corrected chi connectivity index (χ3v) is 5.40. The summed E-state index contributed by atoms with van der Waals surface area (Å²) in [6.45, 7) is 6.52. The van der Waals surface area contributed by atoms with E-state index in [-0.39, 0.29) is 5.88 Å². The summed E-state index contributed by atoms with van der Waals surface area (Å²) in [5.41, 5.74) is 3.83. The molecular formula is C24H29N5O5. The first-order valence-corrected chi connectivity index (χ1v) is 11.0. The summed E-state index contributed by atoms with van der Waals surface area (Å²) in [4.78, 5) is 9.19. The molecule has 0 amide bonds. The highest BCUT2D eigenvalue weighted by Crippen LogP contribution is 2.35. The van der Waals surface area contributed by atoms with Gasteiger partial charge in [-0.2, -0.15) is 5.10 Å². The van der Waals surface area contributed by atoms with Crippen LogP contribution in [0.4, 0.5) is 0 Å². The van der Waals surface area contributed by atoms with Crippen molar-refractivity contribution in [3.63, 3.8) is 0 Å². The van der Waals surface area contributed by atoms with Gasteiger partial charge in [-0.25, -0.2) is 9.97 Å². The second kappa shape index (κ2) is 10.5. The Morgan fingerprint density at radius 3 is 2.59 bits per heavy atom. The molecular weight excluding hydrogens is 438 g/mol. The van der Waals surface area contributed by atoms with Gasteiger partial charge in [0, 0.05) is 37.8 Å². The Bertz CT molecular complexity index is 1270. The maximum Gasteiger partial charge on any atom is 0.257 e. The van der Waals surface area contributed by atoms with Gasteiger partial charge in [0.25, 0.3) is 5.88 Å². The maximum absolute atomic E-state index is 10.9. The van der Waals surface area contributed by atoms with Crippen LogP contribution in [0, 0.1) is 6.92 Å². The Balaban J connectivity index is 1.59. The first kappa shape index (κ1) is 23.5. The first-order valence-electron chi connectivity index (χ1n) is 11.0. The summed E-state index contributed by atoms with van der Waals surface area (Å²) in [6.07, 6.45) is 7.10. The van der Waals surface area contributed by atoms with Gasteiger partial charge >= 0.3 is 0 Å². The Morgan fingerprint density at radius 1 is 1.03 bits per heavy atom. The summed E-state index contributed by atoms with van der Waals surface area (Å²) in [7, 11) is 3.20. The minimum absolute atomic E-state index is 0.134. The van der Waals surface area contributed by atoms with Crippen molar-refractivity contribution in [1.82, 2.24) is 24.3 Å². The predicted octanol–water partition coefficient (Wildman–Crippen LogP) is 3.37. The minimum atomic E-state index is 0.134. The molecule has 0 aromatic carbocycles. The second-order valence-electron chi connectivity index (χ2n) is 7.65. The van der Waals surface area contributed by atoms with E-state index in [1.165, 1.54) is 0 Å². The van der Waals surface area contributed by atoms with Crippen LogP contribution in [0.1, 0.15) is 12.5 Å². The molecule has 4 aromatic rings. The molecule has 0 aliphatic carbocycles. The fourth-order valence-electron chi connectivity index (χ4n) is 3.65. The summed E-state index contributed by atoms with van der Waals surface area (Å²) < 4.78 is 25.0. The normalized spacial score (nSPS) is 11.3. The lowest BCUT2D eigenvalue weighted by Crippen LogP contribution is -2.11. The number of methoxy groups -OCH3 is 2. The monoisotopic (exact) mass is 467 g/mol. The maximum atomic E-state index is 10.9. The van der Waals surface area contributed by atoms with Crippen molar-refractivity contribution >= 4 is 10.9 Å². The number of pyridine rings is 2. The number of nitrogens with zero attached hydrogens (tertiary/aromatic N) is 5. The molecule has 4 heterocycles. The number of rotatable bonds is 11. The largest absolute Gasteiger partial charge is 0.494 e. The van der Waals surface area contributed by atoms with Crippen molar-refractivity contribution in [2.75, 3.05) is 40.6 Å². The van der Waals surface area contributed by atoms with E-state index in [2.05, 4.69) is 10.1 Å². The molecule has 0 spiro atoms. The minimum Gasteiger partial charge on any atom is -0.494 e. The van der Waals surface area contributed by atoms with Crippen molar-refractivity contribution in [3.05, 3.63) is 42.5 Å². The molecule has 0 aliphatic heterocycles. The molecule has 0 unspecified atom stereocenters. The van der Waals surface area contributed by atoms with Gasteiger partial charge in [-0.3, -0.25) is 9.25 Å². The van der Waals surface area contributed by atoms with E-state index in [0.29, 0.717) is 54.7 Å². The third kappa shape index (κ3) is 4.82. The van der Waals surface area contributed by atoms with E-state index < -0.39 is 0 Å². The number of aromatic hydroxyl groups is 1. The van der Waals surface area contributed by atoms with E-state index in [0.717, 1.165) is 23.4 Å². The van der Waals surface area contributed by atoms with Crippen LogP contribution in [0.15, 0.2) is 36.9 Å². The summed E-state index contributed by atoms with van der Waals surface area (Å²) in [5, 5.41) is 15.8. The average Bonchev–Trinajstić information content (AvgIpc) is 3.45. The van der Waals surface area contributed by atoms with Crippen molar-refractivity contribution in [2.24, 2.45) is 0 Å². The fraction of sp³-hybridized carbons (Fsp3) is 0.375. The van der Waals surface area contributed by atoms with Gasteiger partial charge in [0.1, 0.15) is 6.61 Å². The van der Waals surface area contributed by atoms with Crippen LogP contribution in [-0.4, -0.2) is 70.1 Å². The van der Waals surface area contributed by atoms with E-state index in [1.54, 1.807) is 35.9 Å². The van der Waals surface area contributed by atoms with Crippen LogP contribution in [-0.2, 0) is 16.0 Å². The van der Waals surface area contributed by atoms with Crippen molar-refractivity contribution in [2.45, 2.75) is 20.4 Å². The smallest absolute Gasteiger partial charge is 0.257 e. The number of aryl methyl sites for hydroxylation is 2. The lowest BCUT2D eigenvalue weighted by molar-refractivity contribution is 0.0532. The van der Waals surface area contributed by atoms with Gasteiger partial charge < -0.3 is 24.1 Å². The molecule has 0 fully saturated rings. The summed E-state index contributed by atoms with van der Waals surface area (Å²) in [5.74, 6) is 1.02. The molecule has 0 aliphatic rings. The third-order valence-electron chi connectivity index (χ3n) is 5.40. The standard InChI is InChI=1S/C24H29N5O5/c1-5-28-14-18(13-26-28)29-15-20-22(24(29)30)16(2)10-19(27-20)17-11-21(32-4)23(25-12-17)34-9-8-33-7-6-31-3/h10-15,30H,5-9H2,1-4H3. The van der Waals surface area contributed by atoms with Gasteiger partial charge in [0.05, 0.1) is 55.4 Å². The van der Waals surface area contributed by atoms with Crippen molar-refractivity contribution < 1.29 is 24.1 Å². The molecule has 0 saturated carbocycles. The van der Waals surface area contributed by atoms with Crippen molar-refractivity contribution in [1.29, 1.82) is 0 Å². The summed E-state index contributed by atoms with van der Waals surface area (Å²) >= 11 is 0. The SMILES string of the molecule is CCn1cc(-n2cc3nc(-c4cnc(OCCOCCOC)c(OC)c4)cc(C)c3c2O)cn1. The highest BCUT2D eigenvalue weighted by molar-refractivity contribution is 5.90. The molecule has 4 rings (SSSR count).